The van der Waals surface area contributed by atoms with Crippen molar-refractivity contribution in [3.05, 3.63) is 47.2 Å². The standard InChI is InChI=1S/C11H11ClN4O2/c12-9-3-1-8(2-4-9)10(18-11(13)17)7-16-14-5-6-15-16/h1-6,10H,7H2,(H2,13,17)/t10-/m0/s1. The van der Waals surface area contributed by atoms with Crippen LogP contribution in [0.1, 0.15) is 11.7 Å². The number of nitrogens with two attached hydrogens (primary N) is 1. The molecule has 7 heteroatoms. The fourth-order valence-electron chi connectivity index (χ4n) is 1.51. The number of rotatable bonds is 4. The van der Waals surface area contributed by atoms with Crippen LogP contribution in [-0.2, 0) is 11.3 Å². The topological polar surface area (TPSA) is 83.0 Å². The predicted molar refractivity (Wildman–Crippen MR) is 64.9 cm³/mol. The van der Waals surface area contributed by atoms with Crippen molar-refractivity contribution in [1.82, 2.24) is 15.0 Å². The van der Waals surface area contributed by atoms with Crippen molar-refractivity contribution in [1.29, 1.82) is 0 Å². The first-order chi connectivity index (χ1) is 8.65. The van der Waals surface area contributed by atoms with Crippen LogP contribution >= 0.6 is 11.6 Å². The Bertz CT molecular complexity index is 512. The summed E-state index contributed by atoms with van der Waals surface area (Å²) in [6, 6.07) is 6.95. The SMILES string of the molecule is NC(=O)O[C@@H](Cn1nccn1)c1ccc(Cl)cc1. The van der Waals surface area contributed by atoms with E-state index in [1.807, 2.05) is 0 Å². The van der Waals surface area contributed by atoms with Crippen molar-refractivity contribution < 1.29 is 9.53 Å². The quantitative estimate of drug-likeness (QED) is 0.914. The number of halogens is 1. The Morgan fingerprint density at radius 2 is 1.94 bits per heavy atom. The zero-order valence-corrected chi connectivity index (χ0v) is 10.1. The molecule has 0 aliphatic rings. The van der Waals surface area contributed by atoms with Crippen LogP contribution in [0.2, 0.25) is 5.02 Å². The van der Waals surface area contributed by atoms with Crippen molar-refractivity contribution in [3.63, 3.8) is 0 Å². The van der Waals surface area contributed by atoms with Gasteiger partial charge in [-0.3, -0.25) is 0 Å². The Hall–Kier alpha value is -2.08. The van der Waals surface area contributed by atoms with Crippen LogP contribution in [0.5, 0.6) is 0 Å². The van der Waals surface area contributed by atoms with Crippen molar-refractivity contribution in [2.45, 2.75) is 12.6 Å². The van der Waals surface area contributed by atoms with E-state index in [1.165, 1.54) is 4.80 Å². The third-order valence-electron chi connectivity index (χ3n) is 2.30. The second-order valence-corrected chi connectivity index (χ2v) is 4.00. The second kappa shape index (κ2) is 5.50. The number of hydrogen-bond acceptors (Lipinski definition) is 4. The van der Waals surface area contributed by atoms with Crippen molar-refractivity contribution in [3.8, 4) is 0 Å². The number of hydrogen-bond donors (Lipinski definition) is 1. The molecule has 0 saturated carbocycles. The third kappa shape index (κ3) is 3.21. The third-order valence-corrected chi connectivity index (χ3v) is 2.55. The first-order valence-corrected chi connectivity index (χ1v) is 5.58. The molecule has 0 radical (unpaired) electrons. The maximum Gasteiger partial charge on any atom is 0.405 e. The maximum atomic E-state index is 10.9. The summed E-state index contributed by atoms with van der Waals surface area (Å²) in [6.07, 6.45) is 1.70. The van der Waals surface area contributed by atoms with Crippen molar-refractivity contribution >= 4 is 17.7 Å². The zero-order valence-electron chi connectivity index (χ0n) is 9.36. The molecule has 2 aromatic rings. The summed E-state index contributed by atoms with van der Waals surface area (Å²) < 4.78 is 5.04. The summed E-state index contributed by atoms with van der Waals surface area (Å²) in [5.41, 5.74) is 5.83. The molecular formula is C11H11ClN4O2. The number of primary amides is 1. The molecule has 18 heavy (non-hydrogen) atoms. The minimum absolute atomic E-state index is 0.289. The van der Waals surface area contributed by atoms with Gasteiger partial charge >= 0.3 is 6.09 Å². The van der Waals surface area contributed by atoms with Gasteiger partial charge in [-0.25, -0.2) is 4.79 Å². The van der Waals surface area contributed by atoms with Crippen molar-refractivity contribution in [2.24, 2.45) is 5.73 Å². The molecule has 2 rings (SSSR count). The molecular weight excluding hydrogens is 256 g/mol. The number of ether oxygens (including phenoxy) is 1. The molecule has 1 atom stereocenters. The highest BCUT2D eigenvalue weighted by Gasteiger charge is 2.16. The average molecular weight is 267 g/mol. The first-order valence-electron chi connectivity index (χ1n) is 5.21. The van der Waals surface area contributed by atoms with Gasteiger partial charge in [0.1, 0.15) is 12.6 Å². The fraction of sp³-hybridized carbons (Fsp3) is 0.182. The Morgan fingerprint density at radius 1 is 1.33 bits per heavy atom. The average Bonchev–Trinajstić information content (AvgIpc) is 2.81. The summed E-state index contributed by atoms with van der Waals surface area (Å²) in [4.78, 5) is 12.3. The van der Waals surface area contributed by atoms with Gasteiger partial charge < -0.3 is 10.5 Å². The highest BCUT2D eigenvalue weighted by atomic mass is 35.5. The van der Waals surface area contributed by atoms with Gasteiger partial charge in [-0.2, -0.15) is 15.0 Å². The van der Waals surface area contributed by atoms with Gasteiger partial charge in [0, 0.05) is 5.02 Å². The van der Waals surface area contributed by atoms with E-state index in [-0.39, 0.29) is 6.54 Å². The summed E-state index contributed by atoms with van der Waals surface area (Å²) in [6.45, 7) is 0.289. The molecule has 0 bridgehead atoms. The number of aromatic nitrogens is 3. The lowest BCUT2D eigenvalue weighted by molar-refractivity contribution is 0.0904. The van der Waals surface area contributed by atoms with E-state index >= 15 is 0 Å². The molecule has 1 amide bonds. The molecule has 94 valence electrons. The molecule has 2 N–H and O–H groups in total. The van der Waals surface area contributed by atoms with E-state index in [9.17, 15) is 4.79 Å². The van der Waals surface area contributed by atoms with E-state index in [1.54, 1.807) is 36.7 Å². The van der Waals surface area contributed by atoms with Gasteiger partial charge in [0.2, 0.25) is 0 Å². The van der Waals surface area contributed by atoms with Crippen LogP contribution < -0.4 is 5.73 Å². The number of amides is 1. The maximum absolute atomic E-state index is 10.9. The lowest BCUT2D eigenvalue weighted by Crippen LogP contribution is -2.22. The summed E-state index contributed by atoms with van der Waals surface area (Å²) in [7, 11) is 0. The zero-order chi connectivity index (χ0) is 13.0. The summed E-state index contributed by atoms with van der Waals surface area (Å²) in [5.74, 6) is 0. The van der Waals surface area contributed by atoms with Crippen LogP contribution in [0.15, 0.2) is 36.7 Å². The lowest BCUT2D eigenvalue weighted by atomic mass is 10.1. The lowest BCUT2D eigenvalue weighted by Gasteiger charge is -2.16. The monoisotopic (exact) mass is 266 g/mol. The van der Waals surface area contributed by atoms with Crippen LogP contribution in [0.4, 0.5) is 4.79 Å². The Kier molecular flexibility index (Phi) is 3.78. The Labute approximate surface area is 108 Å². The van der Waals surface area contributed by atoms with Crippen LogP contribution in [0.3, 0.4) is 0 Å². The van der Waals surface area contributed by atoms with E-state index in [4.69, 9.17) is 22.1 Å². The van der Waals surface area contributed by atoms with Crippen molar-refractivity contribution in [2.75, 3.05) is 0 Å². The van der Waals surface area contributed by atoms with Gasteiger partial charge in [0.25, 0.3) is 0 Å². The number of nitrogens with zero attached hydrogens (tertiary/aromatic N) is 3. The summed E-state index contributed by atoms with van der Waals surface area (Å²) in [5, 5.41) is 8.51. The highest BCUT2D eigenvalue weighted by Crippen LogP contribution is 2.21. The van der Waals surface area contributed by atoms with E-state index in [0.717, 1.165) is 5.56 Å². The molecule has 0 aliphatic heterocycles. The predicted octanol–water partition coefficient (Wildman–Crippen LogP) is 1.77. The molecule has 1 aromatic carbocycles. The van der Waals surface area contributed by atoms with Gasteiger partial charge in [-0.1, -0.05) is 23.7 Å². The molecule has 1 aromatic heterocycles. The van der Waals surface area contributed by atoms with E-state index in [0.29, 0.717) is 5.02 Å². The van der Waals surface area contributed by atoms with Gasteiger partial charge in [-0.15, -0.1) is 0 Å². The summed E-state index contributed by atoms with van der Waals surface area (Å²) >= 11 is 5.80. The number of carbonyl (C=O) groups excluding carboxylic acids is 1. The minimum Gasteiger partial charge on any atom is -0.439 e. The van der Waals surface area contributed by atoms with Gasteiger partial charge in [0.05, 0.1) is 12.4 Å². The molecule has 1 heterocycles. The second-order valence-electron chi connectivity index (χ2n) is 3.56. The Morgan fingerprint density at radius 3 is 2.50 bits per heavy atom. The first kappa shape index (κ1) is 12.4. The van der Waals surface area contributed by atoms with Gasteiger partial charge in [-0.05, 0) is 17.7 Å². The smallest absolute Gasteiger partial charge is 0.405 e. The molecule has 0 saturated heterocycles. The fourth-order valence-corrected chi connectivity index (χ4v) is 1.64. The molecule has 0 spiro atoms. The number of benzene rings is 1. The molecule has 0 fully saturated rings. The number of carbonyl (C=O) groups is 1. The molecule has 6 nitrogen and oxygen atoms in total. The normalized spacial score (nSPS) is 12.1. The van der Waals surface area contributed by atoms with E-state index in [2.05, 4.69) is 10.2 Å². The minimum atomic E-state index is -0.845. The van der Waals surface area contributed by atoms with Gasteiger partial charge in [0.15, 0.2) is 0 Å². The van der Waals surface area contributed by atoms with Crippen LogP contribution in [0, 0.1) is 0 Å². The van der Waals surface area contributed by atoms with E-state index < -0.39 is 12.2 Å². The Balaban J connectivity index is 2.19. The highest BCUT2D eigenvalue weighted by molar-refractivity contribution is 6.30. The van der Waals surface area contributed by atoms with Crippen LogP contribution in [0.25, 0.3) is 0 Å². The van der Waals surface area contributed by atoms with Crippen LogP contribution in [-0.4, -0.2) is 21.1 Å². The molecule has 0 aliphatic carbocycles. The molecule has 0 unspecified atom stereocenters. The largest absolute Gasteiger partial charge is 0.439 e.